The Bertz CT molecular complexity index is 547. The lowest BCUT2D eigenvalue weighted by Gasteiger charge is -2.11. The van der Waals surface area contributed by atoms with E-state index in [0.717, 1.165) is 16.0 Å². The molecule has 2 aromatic rings. The molecule has 1 amide bonds. The number of carbonyl (C=O) groups excluding carboxylic acids is 1. The van der Waals surface area contributed by atoms with Crippen LogP contribution in [0.15, 0.2) is 33.4 Å². The fourth-order valence-corrected chi connectivity index (χ4v) is 1.85. The first kappa shape index (κ1) is 12.9. The summed E-state index contributed by atoms with van der Waals surface area (Å²) in [5.74, 6) is 1.48. The van der Waals surface area contributed by atoms with E-state index < -0.39 is 0 Å². The number of amides is 1. The molecule has 0 unspecified atom stereocenters. The minimum absolute atomic E-state index is 0.0975. The van der Waals surface area contributed by atoms with Gasteiger partial charge in [-0.1, -0.05) is 0 Å². The number of aromatic nitrogens is 2. The Labute approximate surface area is 113 Å². The number of hydrogen-bond donors (Lipinski definition) is 1. The van der Waals surface area contributed by atoms with Crippen molar-refractivity contribution in [2.75, 3.05) is 0 Å². The van der Waals surface area contributed by atoms with Gasteiger partial charge < -0.3 is 9.73 Å². The second-order valence-corrected chi connectivity index (χ2v) is 4.96. The summed E-state index contributed by atoms with van der Waals surface area (Å²) in [6, 6.07) is 3.37. The third-order valence-corrected chi connectivity index (χ3v) is 2.99. The predicted octanol–water partition coefficient (Wildman–Crippen LogP) is 2.42. The van der Waals surface area contributed by atoms with Gasteiger partial charge in [-0.2, -0.15) is 5.10 Å². The predicted molar refractivity (Wildman–Crippen MR) is 69.9 cm³/mol. The molecule has 2 rings (SSSR count). The summed E-state index contributed by atoms with van der Waals surface area (Å²) in [5, 5.41) is 6.89. The van der Waals surface area contributed by atoms with Crippen LogP contribution in [0.4, 0.5) is 0 Å². The third kappa shape index (κ3) is 3.01. The van der Waals surface area contributed by atoms with Gasteiger partial charge in [-0.3, -0.25) is 9.48 Å². The van der Waals surface area contributed by atoms with E-state index in [9.17, 15) is 4.79 Å². The molecule has 2 aromatic heterocycles. The Morgan fingerprint density at radius 3 is 2.94 bits per heavy atom. The quantitative estimate of drug-likeness (QED) is 0.943. The highest BCUT2D eigenvalue weighted by atomic mass is 79.9. The number of nitrogens with zero attached hydrogens (tertiary/aromatic N) is 2. The van der Waals surface area contributed by atoms with Crippen LogP contribution < -0.4 is 5.32 Å². The molecule has 0 saturated heterocycles. The largest absolute Gasteiger partial charge is 0.465 e. The van der Waals surface area contributed by atoms with Crippen molar-refractivity contribution in [3.05, 3.63) is 40.5 Å². The van der Waals surface area contributed by atoms with E-state index >= 15 is 0 Å². The summed E-state index contributed by atoms with van der Waals surface area (Å²) in [6.45, 7) is 4.05. The molecule has 0 aromatic carbocycles. The van der Waals surface area contributed by atoms with Crippen LogP contribution in [0.3, 0.4) is 0 Å². The van der Waals surface area contributed by atoms with Gasteiger partial charge in [0.2, 0.25) is 5.91 Å². The monoisotopic (exact) mass is 311 g/mol. The maximum atomic E-state index is 11.9. The SMILES string of the molecule is Cc1ccc(CNC(=O)[C@@H](C)n2cc(Br)cn2)o1. The molecule has 5 nitrogen and oxygen atoms in total. The van der Waals surface area contributed by atoms with Crippen LogP contribution in [0.2, 0.25) is 0 Å². The van der Waals surface area contributed by atoms with Crippen molar-refractivity contribution in [2.45, 2.75) is 26.4 Å². The molecule has 2 heterocycles. The number of aryl methyl sites for hydroxylation is 1. The zero-order valence-corrected chi connectivity index (χ0v) is 11.8. The molecule has 18 heavy (non-hydrogen) atoms. The van der Waals surface area contributed by atoms with Gasteiger partial charge >= 0.3 is 0 Å². The van der Waals surface area contributed by atoms with Gasteiger partial charge in [-0.05, 0) is 41.9 Å². The van der Waals surface area contributed by atoms with Gasteiger partial charge in [0.1, 0.15) is 17.6 Å². The summed E-state index contributed by atoms with van der Waals surface area (Å²) >= 11 is 3.30. The van der Waals surface area contributed by atoms with Gasteiger partial charge in [0.25, 0.3) is 0 Å². The summed E-state index contributed by atoms with van der Waals surface area (Å²) in [4.78, 5) is 11.9. The number of hydrogen-bond acceptors (Lipinski definition) is 3. The minimum atomic E-state index is -0.354. The van der Waals surface area contributed by atoms with Crippen LogP contribution in [0.5, 0.6) is 0 Å². The Balaban J connectivity index is 1.92. The summed E-state index contributed by atoms with van der Waals surface area (Å²) in [7, 11) is 0. The highest BCUT2D eigenvalue weighted by molar-refractivity contribution is 9.10. The van der Waals surface area contributed by atoms with Crippen molar-refractivity contribution in [2.24, 2.45) is 0 Å². The Morgan fingerprint density at radius 2 is 2.39 bits per heavy atom. The van der Waals surface area contributed by atoms with Gasteiger partial charge in [0.15, 0.2) is 0 Å². The van der Waals surface area contributed by atoms with E-state index in [1.54, 1.807) is 24.0 Å². The van der Waals surface area contributed by atoms with Crippen LogP contribution in [-0.4, -0.2) is 15.7 Å². The lowest BCUT2D eigenvalue weighted by molar-refractivity contribution is -0.124. The summed E-state index contributed by atoms with van der Waals surface area (Å²) < 4.78 is 7.83. The highest BCUT2D eigenvalue weighted by Gasteiger charge is 2.15. The van der Waals surface area contributed by atoms with Crippen molar-refractivity contribution in [3.63, 3.8) is 0 Å². The number of carbonyl (C=O) groups is 1. The van der Waals surface area contributed by atoms with Gasteiger partial charge in [0, 0.05) is 6.20 Å². The molecule has 0 saturated carbocycles. The molecule has 1 N–H and O–H groups in total. The minimum Gasteiger partial charge on any atom is -0.465 e. The van der Waals surface area contributed by atoms with E-state index in [1.807, 2.05) is 19.1 Å². The molecule has 0 aliphatic carbocycles. The van der Waals surface area contributed by atoms with E-state index in [1.165, 1.54) is 0 Å². The number of nitrogens with one attached hydrogen (secondary N) is 1. The van der Waals surface area contributed by atoms with E-state index in [4.69, 9.17) is 4.42 Å². The van der Waals surface area contributed by atoms with E-state index in [-0.39, 0.29) is 11.9 Å². The highest BCUT2D eigenvalue weighted by Crippen LogP contribution is 2.12. The molecule has 0 bridgehead atoms. The standard InChI is InChI=1S/C12H14BrN3O2/c1-8-3-4-11(18-8)6-14-12(17)9(2)16-7-10(13)5-15-16/h3-5,7,9H,6H2,1-2H3,(H,14,17)/t9-/m1/s1. The molecular formula is C12H14BrN3O2. The fourth-order valence-electron chi connectivity index (χ4n) is 1.55. The molecule has 0 aliphatic rings. The maximum Gasteiger partial charge on any atom is 0.244 e. The molecule has 6 heteroatoms. The second kappa shape index (κ2) is 5.39. The fraction of sp³-hybridized carbons (Fsp3) is 0.333. The van der Waals surface area contributed by atoms with Crippen molar-refractivity contribution < 1.29 is 9.21 Å². The summed E-state index contributed by atoms with van der Waals surface area (Å²) in [5.41, 5.74) is 0. The van der Waals surface area contributed by atoms with Crippen molar-refractivity contribution in [1.82, 2.24) is 15.1 Å². The molecular weight excluding hydrogens is 298 g/mol. The van der Waals surface area contributed by atoms with E-state index in [2.05, 4.69) is 26.3 Å². The lowest BCUT2D eigenvalue weighted by atomic mass is 10.3. The molecule has 0 radical (unpaired) electrons. The molecule has 0 spiro atoms. The average molecular weight is 312 g/mol. The van der Waals surface area contributed by atoms with Gasteiger partial charge in [0.05, 0.1) is 17.2 Å². The second-order valence-electron chi connectivity index (χ2n) is 4.04. The molecule has 0 aliphatic heterocycles. The van der Waals surface area contributed by atoms with Crippen LogP contribution in [0, 0.1) is 6.92 Å². The van der Waals surface area contributed by atoms with Crippen molar-refractivity contribution in [1.29, 1.82) is 0 Å². The van der Waals surface area contributed by atoms with Crippen molar-refractivity contribution >= 4 is 21.8 Å². The Morgan fingerprint density at radius 1 is 1.61 bits per heavy atom. The lowest BCUT2D eigenvalue weighted by Crippen LogP contribution is -2.30. The number of halogens is 1. The summed E-state index contributed by atoms with van der Waals surface area (Å²) in [6.07, 6.45) is 3.42. The first-order valence-corrected chi connectivity index (χ1v) is 6.38. The average Bonchev–Trinajstić information content (AvgIpc) is 2.94. The van der Waals surface area contributed by atoms with Crippen LogP contribution in [0.1, 0.15) is 24.5 Å². The van der Waals surface area contributed by atoms with E-state index in [0.29, 0.717) is 6.54 Å². The Kier molecular flexibility index (Phi) is 3.86. The molecule has 96 valence electrons. The van der Waals surface area contributed by atoms with Crippen LogP contribution in [-0.2, 0) is 11.3 Å². The topological polar surface area (TPSA) is 60.1 Å². The smallest absolute Gasteiger partial charge is 0.244 e. The van der Waals surface area contributed by atoms with Gasteiger partial charge in [-0.15, -0.1) is 0 Å². The zero-order chi connectivity index (χ0) is 13.1. The Hall–Kier alpha value is -1.56. The maximum absolute atomic E-state index is 11.9. The normalized spacial score (nSPS) is 12.4. The number of rotatable bonds is 4. The van der Waals surface area contributed by atoms with Crippen LogP contribution >= 0.6 is 15.9 Å². The third-order valence-electron chi connectivity index (χ3n) is 2.58. The zero-order valence-electron chi connectivity index (χ0n) is 10.2. The van der Waals surface area contributed by atoms with Gasteiger partial charge in [-0.25, -0.2) is 0 Å². The molecule has 0 fully saturated rings. The first-order valence-electron chi connectivity index (χ1n) is 5.59. The van der Waals surface area contributed by atoms with Crippen molar-refractivity contribution in [3.8, 4) is 0 Å². The van der Waals surface area contributed by atoms with Crippen LogP contribution in [0.25, 0.3) is 0 Å². The number of furan rings is 1. The first-order chi connectivity index (χ1) is 8.56. The molecule has 1 atom stereocenters.